The zero-order valence-electron chi connectivity index (χ0n) is 10.8. The molecule has 0 bridgehead atoms. The second-order valence-electron chi connectivity index (χ2n) is 6.53. The molecule has 17 heavy (non-hydrogen) atoms. The first-order chi connectivity index (χ1) is 7.86. The van der Waals surface area contributed by atoms with Gasteiger partial charge in [-0.1, -0.05) is 0 Å². The summed E-state index contributed by atoms with van der Waals surface area (Å²) in [7, 11) is 0. The molecule has 3 atom stereocenters. The van der Waals surface area contributed by atoms with Gasteiger partial charge in [-0.25, -0.2) is 0 Å². The third-order valence-electron chi connectivity index (χ3n) is 5.70. The number of hydrogen-bond acceptors (Lipinski definition) is 1. The Morgan fingerprint density at radius 2 is 1.88 bits per heavy atom. The van der Waals surface area contributed by atoms with Gasteiger partial charge in [0.05, 0.1) is 0 Å². The summed E-state index contributed by atoms with van der Waals surface area (Å²) in [5.74, 6) is 0.695. The van der Waals surface area contributed by atoms with Crippen LogP contribution in [0.2, 0.25) is 0 Å². The topological polar surface area (TPSA) is 20.2 Å². The van der Waals surface area contributed by atoms with Gasteiger partial charge in [0.1, 0.15) is 0 Å². The fourth-order valence-electron chi connectivity index (χ4n) is 4.70. The number of benzene rings is 1. The normalized spacial score (nSPS) is 42.2. The van der Waals surface area contributed by atoms with Crippen molar-refractivity contribution in [3.05, 3.63) is 29.8 Å². The van der Waals surface area contributed by atoms with Crippen LogP contribution >= 0.6 is 0 Å². The number of rotatable bonds is 1. The van der Waals surface area contributed by atoms with Crippen LogP contribution < -0.4 is 2.37 Å². The maximum absolute atomic E-state index is 11.4. The zero-order chi connectivity index (χ0) is 12.5. The molecule has 1 N–H and O–H groups in total. The van der Waals surface area contributed by atoms with Crippen molar-refractivity contribution in [2.45, 2.75) is 39.2 Å². The van der Waals surface area contributed by atoms with Gasteiger partial charge in [0.2, 0.25) is 0 Å². The molecule has 2 aliphatic carbocycles. The summed E-state index contributed by atoms with van der Waals surface area (Å²) in [6, 6.07) is 8.46. The number of hydrogen-bond donors (Lipinski definition) is 1. The van der Waals surface area contributed by atoms with E-state index in [2.05, 4.69) is 45.0 Å². The molecule has 88 valence electrons. The van der Waals surface area contributed by atoms with Gasteiger partial charge in [-0.15, -0.1) is 0 Å². The Kier molecular flexibility index (Phi) is 2.49. The van der Waals surface area contributed by atoms with Crippen LogP contribution in [0.3, 0.4) is 0 Å². The molecule has 1 nitrogen and oxygen atoms in total. The van der Waals surface area contributed by atoms with E-state index in [1.54, 1.807) is 0 Å². The fraction of sp³-hybridized carbons (Fsp3) is 0.600. The Bertz CT molecular complexity index is 468. The van der Waals surface area contributed by atoms with Crippen molar-refractivity contribution in [3.8, 4) is 0 Å². The van der Waals surface area contributed by atoms with Crippen LogP contribution in [0.25, 0.3) is 0 Å². The van der Waals surface area contributed by atoms with Crippen molar-refractivity contribution >= 4 is 2.37 Å². The van der Waals surface area contributed by atoms with E-state index < -0.39 is 5.60 Å². The van der Waals surface area contributed by atoms with Gasteiger partial charge in [-0.3, -0.25) is 0 Å². The van der Waals surface area contributed by atoms with Crippen molar-refractivity contribution < 1.29 is 36.1 Å². The van der Waals surface area contributed by atoms with Crippen LogP contribution in [-0.4, -0.2) is 5.11 Å². The van der Waals surface area contributed by atoms with Crippen molar-refractivity contribution in [3.63, 3.8) is 0 Å². The summed E-state index contributed by atoms with van der Waals surface area (Å²) in [4.78, 5) is 0. The molecule has 0 amide bonds. The van der Waals surface area contributed by atoms with E-state index in [9.17, 15) is 5.11 Å². The molecule has 0 saturated heterocycles. The summed E-state index contributed by atoms with van der Waals surface area (Å²) in [6.07, 6.45) is 2.46. The molecular weight excluding hydrogens is 285 g/mol. The Labute approximate surface area is 123 Å². The number of fused-ring (bicyclic) bond motifs is 1. The molecule has 1 aromatic carbocycles. The van der Waals surface area contributed by atoms with Crippen molar-refractivity contribution in [1.82, 2.24) is 0 Å². The Morgan fingerprint density at radius 1 is 1.24 bits per heavy atom. The molecule has 1 aromatic rings. The van der Waals surface area contributed by atoms with Gasteiger partial charge in [0.15, 0.2) is 0 Å². The SMILES string of the molecule is CC1(C)C2CCC2(C)[C@]1(O)c1cccc[c]1[Y]. The van der Waals surface area contributed by atoms with E-state index in [1.807, 2.05) is 0 Å². The monoisotopic (exact) mass is 304 g/mol. The maximum atomic E-state index is 11.4. The molecule has 0 aliphatic heterocycles. The van der Waals surface area contributed by atoms with Crippen molar-refractivity contribution in [2.24, 2.45) is 16.7 Å². The Morgan fingerprint density at radius 3 is 2.35 bits per heavy atom. The molecule has 0 heterocycles. The molecule has 0 spiro atoms. The summed E-state index contributed by atoms with van der Waals surface area (Å²) < 4.78 is 1.35. The van der Waals surface area contributed by atoms with Crippen molar-refractivity contribution in [2.75, 3.05) is 0 Å². The van der Waals surface area contributed by atoms with Gasteiger partial charge >= 0.3 is 124 Å². The van der Waals surface area contributed by atoms with Crippen LogP contribution in [0.1, 0.15) is 39.2 Å². The fourth-order valence-corrected chi connectivity index (χ4v) is 5.73. The van der Waals surface area contributed by atoms with Crippen LogP contribution in [0, 0.1) is 16.7 Å². The Hall–Kier alpha value is 0.284. The molecule has 2 unspecified atom stereocenters. The summed E-state index contributed by atoms with van der Waals surface area (Å²) >= 11 is 1.08. The molecule has 2 heteroatoms. The first-order valence-electron chi connectivity index (χ1n) is 6.43. The minimum absolute atomic E-state index is 0.0269. The van der Waals surface area contributed by atoms with E-state index in [4.69, 9.17) is 0 Å². The summed E-state index contributed by atoms with van der Waals surface area (Å²) in [5, 5.41) is 11.4. The second-order valence-corrected chi connectivity index (χ2v) is 8.06. The molecular formula is C15H19OY. The van der Waals surface area contributed by atoms with E-state index in [-0.39, 0.29) is 10.8 Å². The van der Waals surface area contributed by atoms with Crippen LogP contribution in [0.5, 0.6) is 0 Å². The number of aliphatic hydroxyl groups is 1. The molecule has 3 rings (SSSR count). The minimum atomic E-state index is -0.612. The third kappa shape index (κ3) is 1.17. The van der Waals surface area contributed by atoms with Crippen LogP contribution in [-0.2, 0) is 36.6 Å². The quantitative estimate of drug-likeness (QED) is 0.845. The van der Waals surface area contributed by atoms with Gasteiger partial charge in [-0.2, -0.15) is 0 Å². The van der Waals surface area contributed by atoms with E-state index in [0.29, 0.717) is 5.92 Å². The van der Waals surface area contributed by atoms with E-state index >= 15 is 0 Å². The average molecular weight is 304 g/mol. The molecule has 2 saturated carbocycles. The molecule has 2 aliphatic rings. The van der Waals surface area contributed by atoms with Gasteiger partial charge in [0, 0.05) is 0 Å². The third-order valence-corrected chi connectivity index (χ3v) is 6.94. The van der Waals surface area contributed by atoms with Crippen LogP contribution in [0.15, 0.2) is 24.3 Å². The average Bonchev–Trinajstić information content (AvgIpc) is 2.25. The van der Waals surface area contributed by atoms with Crippen LogP contribution in [0.4, 0.5) is 0 Å². The van der Waals surface area contributed by atoms with E-state index in [1.165, 1.54) is 20.8 Å². The predicted octanol–water partition coefficient (Wildman–Crippen LogP) is 2.50. The molecule has 2 fully saturated rings. The molecule has 0 aromatic heterocycles. The van der Waals surface area contributed by atoms with Gasteiger partial charge in [0.25, 0.3) is 0 Å². The second kappa shape index (κ2) is 3.43. The summed E-state index contributed by atoms with van der Waals surface area (Å²) in [5.41, 5.74) is 0.735. The summed E-state index contributed by atoms with van der Waals surface area (Å²) in [6.45, 7) is 6.76. The molecule has 0 radical (unpaired) electrons. The standard InChI is InChI=1S/C15H19O.Y/c1-13(2)12-9-10-14(12,3)15(13,16)11-7-5-4-6-8-11;/h4-7,12,16H,9-10H2,1-3H3;/t12?,14?,15-;/m0./s1. The van der Waals surface area contributed by atoms with Gasteiger partial charge in [-0.05, 0) is 0 Å². The Balaban J connectivity index is 2.16. The first kappa shape index (κ1) is 12.3. The predicted molar refractivity (Wildman–Crippen MR) is 64.6 cm³/mol. The first-order valence-corrected chi connectivity index (χ1v) is 7.85. The van der Waals surface area contributed by atoms with E-state index in [0.717, 1.165) is 31.0 Å². The van der Waals surface area contributed by atoms with Gasteiger partial charge < -0.3 is 0 Å². The zero-order valence-corrected chi connectivity index (χ0v) is 13.7. The van der Waals surface area contributed by atoms with Crippen molar-refractivity contribution in [1.29, 1.82) is 0 Å².